The summed E-state index contributed by atoms with van der Waals surface area (Å²) in [6.45, 7) is 10.1. The molecule has 12 rings (SSSR count). The number of hydrogen-bond acceptors (Lipinski definition) is 16. The van der Waals surface area contributed by atoms with E-state index in [-0.39, 0.29) is 53.3 Å². The van der Waals surface area contributed by atoms with Crippen LogP contribution in [0.3, 0.4) is 0 Å². The summed E-state index contributed by atoms with van der Waals surface area (Å²) in [4.78, 5) is 26.9. The van der Waals surface area contributed by atoms with E-state index < -0.39 is 17.5 Å². The topological polar surface area (TPSA) is 237 Å². The molecule has 0 spiro atoms. The number of benzene rings is 1. The van der Waals surface area contributed by atoms with Gasteiger partial charge >= 0.3 is 0 Å². The zero-order chi connectivity index (χ0) is 54.5. The monoisotopic (exact) mass is 1090 g/mol. The first-order valence-corrected chi connectivity index (χ1v) is 25.9. The first kappa shape index (κ1) is 53.5. The van der Waals surface area contributed by atoms with Gasteiger partial charge in [0.2, 0.25) is 0 Å². The van der Waals surface area contributed by atoms with E-state index in [1.807, 2.05) is 29.2 Å². The first-order valence-electron chi connectivity index (χ1n) is 25.5. The van der Waals surface area contributed by atoms with Gasteiger partial charge in [0.25, 0.3) is 0 Å². The van der Waals surface area contributed by atoms with Gasteiger partial charge < -0.3 is 40.9 Å². The van der Waals surface area contributed by atoms with Gasteiger partial charge in [0.05, 0.1) is 41.0 Å². The second kappa shape index (κ2) is 23.8. The molecule has 11 heterocycles. The maximum atomic E-state index is 15.0. The van der Waals surface area contributed by atoms with Gasteiger partial charge in [-0.05, 0) is 66.9 Å². The van der Waals surface area contributed by atoms with Crippen LogP contribution in [0, 0.1) is 41.5 Å². The van der Waals surface area contributed by atoms with Crippen molar-refractivity contribution in [1.82, 2.24) is 71.5 Å². The molecule has 0 unspecified atom stereocenters. The minimum absolute atomic E-state index is 0.00835. The fourth-order valence-electron chi connectivity index (χ4n) is 10.0. The van der Waals surface area contributed by atoms with Gasteiger partial charge in [0.1, 0.15) is 23.0 Å². The number of halogens is 5. The summed E-state index contributed by atoms with van der Waals surface area (Å²) >= 11 is 6.24. The molecule has 1 aromatic carbocycles. The molecule has 0 bridgehead atoms. The molecule has 9 aromatic rings. The van der Waals surface area contributed by atoms with Gasteiger partial charge in [-0.3, -0.25) is 15.3 Å². The highest BCUT2D eigenvalue weighted by Crippen LogP contribution is 2.36. The number of fused-ring (bicyclic) bond motifs is 3. The molecule has 0 aliphatic carbocycles. The Kier molecular flexibility index (Phi) is 16.3. The minimum atomic E-state index is -0.774. The number of nitrogens with one attached hydrogen (secondary N) is 6. The van der Waals surface area contributed by atoms with E-state index in [0.717, 1.165) is 48.8 Å². The van der Waals surface area contributed by atoms with Crippen LogP contribution >= 0.6 is 11.6 Å². The van der Waals surface area contributed by atoms with E-state index in [1.54, 1.807) is 41.7 Å². The van der Waals surface area contributed by atoms with E-state index >= 15 is 0 Å². The van der Waals surface area contributed by atoms with Gasteiger partial charge in [-0.1, -0.05) is 31.4 Å². The number of pyridine rings is 5. The highest BCUT2D eigenvalue weighted by atomic mass is 35.5. The fraction of sp³-hybridized carbons (Fsp3) is 0.333. The van der Waals surface area contributed by atoms with Crippen LogP contribution in [0.1, 0.15) is 25.8 Å². The van der Waals surface area contributed by atoms with Crippen molar-refractivity contribution in [2.75, 3.05) is 86.8 Å². The highest BCUT2D eigenvalue weighted by Gasteiger charge is 2.28. The number of aliphatic hydroxyl groups excluding tert-OH is 2. The van der Waals surface area contributed by atoms with Crippen molar-refractivity contribution in [2.24, 2.45) is 5.92 Å². The third-order valence-electron chi connectivity index (χ3n) is 13.7. The fourth-order valence-corrected chi connectivity index (χ4v) is 10.3. The molecule has 0 saturated carbocycles. The Bertz CT molecular complexity index is 3460. The smallest absolute Gasteiger partial charge is 0.181 e. The largest absolute Gasteiger partial charge is 0.395 e. The number of piperazine rings is 3. The van der Waals surface area contributed by atoms with E-state index in [2.05, 4.69) is 96.1 Å². The van der Waals surface area contributed by atoms with Gasteiger partial charge in [-0.2, -0.15) is 15.3 Å². The Morgan fingerprint density at radius 3 is 1.63 bits per heavy atom. The highest BCUT2D eigenvalue weighted by molar-refractivity contribution is 6.33. The van der Waals surface area contributed by atoms with Crippen LogP contribution in [0.5, 0.6) is 0 Å². The first-order chi connectivity index (χ1) is 37.9. The Morgan fingerprint density at radius 2 is 1.09 bits per heavy atom. The van der Waals surface area contributed by atoms with Crippen molar-refractivity contribution < 1.29 is 27.8 Å². The normalized spacial score (nSPS) is 17.8. The summed E-state index contributed by atoms with van der Waals surface area (Å²) < 4.78 is 58.2. The lowest BCUT2D eigenvalue weighted by Crippen LogP contribution is -2.52. The Balaban J connectivity index is 0.000000133. The van der Waals surface area contributed by atoms with E-state index in [4.69, 9.17) is 18.0 Å². The third-order valence-corrected chi connectivity index (χ3v) is 14.0. The van der Waals surface area contributed by atoms with Crippen molar-refractivity contribution in [1.29, 1.82) is 0 Å². The maximum absolute atomic E-state index is 15.0. The van der Waals surface area contributed by atoms with Gasteiger partial charge in [0.15, 0.2) is 40.2 Å². The second-order valence-corrected chi connectivity index (χ2v) is 19.9. The van der Waals surface area contributed by atoms with Crippen molar-refractivity contribution in [3.05, 3.63) is 113 Å². The number of H-pyrrole nitrogens is 3. The van der Waals surface area contributed by atoms with Crippen LogP contribution in [0.4, 0.5) is 34.9 Å². The molecule has 0 radical (unpaired) electrons. The molecule has 8 aromatic heterocycles. The van der Waals surface area contributed by atoms with Crippen molar-refractivity contribution in [3.8, 4) is 46.4 Å². The van der Waals surface area contributed by atoms with Gasteiger partial charge in [0, 0.05) is 129 Å². The summed E-state index contributed by atoms with van der Waals surface area (Å²) in [5.74, 6) is 1.43. The van der Waals surface area contributed by atoms with Crippen LogP contribution in [0.25, 0.3) is 67.1 Å². The predicted molar refractivity (Wildman–Crippen MR) is 292 cm³/mol. The Hall–Kier alpha value is -7.85. The number of aliphatic hydroxyl groups is 2. The molecule has 78 heavy (non-hydrogen) atoms. The van der Waals surface area contributed by atoms with Gasteiger partial charge in [-0.25, -0.2) is 42.5 Å². The van der Waals surface area contributed by atoms with Crippen LogP contribution < -0.4 is 30.7 Å². The molecule has 19 nitrogen and oxygen atoms in total. The summed E-state index contributed by atoms with van der Waals surface area (Å²) in [5.41, 5.74) is 5.14. The molecule has 3 aliphatic rings. The van der Waals surface area contributed by atoms with E-state index in [1.165, 1.54) is 12.1 Å². The number of aromatic amines is 3. The molecule has 0 amide bonds. The number of hydrogen-bond donors (Lipinski definition) is 8. The molecule has 404 valence electrons. The van der Waals surface area contributed by atoms with E-state index in [9.17, 15) is 27.8 Å². The van der Waals surface area contributed by atoms with Gasteiger partial charge in [-0.15, -0.1) is 6.42 Å². The number of aromatic nitrogens is 11. The summed E-state index contributed by atoms with van der Waals surface area (Å²) in [6.07, 6.45) is 11.7. The zero-order valence-electron chi connectivity index (χ0n) is 42.6. The van der Waals surface area contributed by atoms with Crippen LogP contribution in [0.2, 0.25) is 5.02 Å². The molecule has 3 fully saturated rings. The van der Waals surface area contributed by atoms with Crippen LogP contribution in [-0.4, -0.2) is 156 Å². The zero-order valence-corrected chi connectivity index (χ0v) is 43.3. The van der Waals surface area contributed by atoms with E-state index in [0.29, 0.717) is 107 Å². The second-order valence-electron chi connectivity index (χ2n) is 19.4. The summed E-state index contributed by atoms with van der Waals surface area (Å²) in [7, 11) is 0. The van der Waals surface area contributed by atoms with Crippen molar-refractivity contribution >= 4 is 62.0 Å². The predicted octanol–water partition coefficient (Wildman–Crippen LogP) is 6.22. The Labute approximate surface area is 450 Å². The minimum Gasteiger partial charge on any atom is -0.395 e. The lowest BCUT2D eigenvalue weighted by Gasteiger charge is -2.36. The van der Waals surface area contributed by atoms with Crippen LogP contribution in [-0.2, 0) is 0 Å². The molecular weight excluding hydrogens is 1030 g/mol. The number of anilines is 3. The summed E-state index contributed by atoms with van der Waals surface area (Å²) in [6, 6.07) is 16.3. The third kappa shape index (κ3) is 11.4. The average Bonchev–Trinajstić information content (AvgIpc) is 4.29. The summed E-state index contributed by atoms with van der Waals surface area (Å²) in [5, 5.41) is 51.9. The average molecular weight is 1090 g/mol. The number of rotatable bonds is 10. The number of nitrogens with zero attached hydrogens (tertiary/aromatic N) is 11. The SMILES string of the molecule is C#Cc1cc(F)c(N2CCN[C@H](CC(C)C)C2)cc1-c1[nH]nc2ncccc12.OC[C@@H]1CN(c2nc(-c3[nH]nc4ncccc34)c(F)cc2Cl)CCN1.OC[C@@H]1CN(c2nc(-c3[nH]nc4ncccc34)c(F)cc2F)CCN1. The number of terminal acetylenes is 1. The Morgan fingerprint density at radius 1 is 0.615 bits per heavy atom. The molecule has 3 aliphatic heterocycles. The molecule has 24 heteroatoms. The lowest BCUT2D eigenvalue weighted by molar-refractivity contribution is 0.235. The molecule has 8 N–H and O–H groups in total. The molecule has 3 atom stereocenters. The van der Waals surface area contributed by atoms with Crippen LogP contribution in [0.15, 0.2) is 79.3 Å². The standard InChI is InChI=1S/C22H24FN5.C16H16ClFN6O.C16H16F2N6O/c1-4-15-11-19(23)20(28-9-8-24-16(13-28)10-14(2)3)12-18(15)21-17-6-5-7-25-22(17)27-26-21;17-11-6-12(18)14(13-10-2-1-3-20-15(10)23-22-13)21-16(11)24-5-4-19-9(7-24)8-25;17-11-6-12(18)16(24-5-4-19-9(7-24)8-25)21-14(11)13-10-2-1-3-20-15(10)23-22-13/h1,5-7,11-12,14,16,24H,8-10,13H2,2-3H3,(H,25,26,27);2*1-3,6,9,19,25H,4-5,7-8H2,(H,20,22,23)/t16-;2*9-/m100/s1. The molecule has 3 saturated heterocycles. The van der Waals surface area contributed by atoms with Crippen molar-refractivity contribution in [2.45, 2.75) is 38.4 Å². The maximum Gasteiger partial charge on any atom is 0.181 e. The lowest BCUT2D eigenvalue weighted by atomic mass is 9.99. The molecular formula is C54H56ClF4N17O2. The van der Waals surface area contributed by atoms with Crippen molar-refractivity contribution in [3.63, 3.8) is 0 Å². The quantitative estimate of drug-likeness (QED) is 0.0561.